The fourth-order valence-corrected chi connectivity index (χ4v) is 5.06. The molecule has 5 rings (SSSR count). The lowest BCUT2D eigenvalue weighted by Gasteiger charge is -2.32. The van der Waals surface area contributed by atoms with Gasteiger partial charge in [0.1, 0.15) is 5.75 Å². The number of amides is 2. The Morgan fingerprint density at radius 1 is 1.00 bits per heavy atom. The highest BCUT2D eigenvalue weighted by Gasteiger charge is 2.28. The molecule has 6 heteroatoms. The number of nitrogens with zero attached hydrogens (tertiary/aromatic N) is 2. The van der Waals surface area contributed by atoms with E-state index in [-0.39, 0.29) is 17.7 Å². The van der Waals surface area contributed by atoms with Crippen LogP contribution in [0.25, 0.3) is 0 Å². The summed E-state index contributed by atoms with van der Waals surface area (Å²) in [6.45, 7) is 3.27. The summed E-state index contributed by atoms with van der Waals surface area (Å²) < 4.78 is 5.20. The van der Waals surface area contributed by atoms with Crippen molar-refractivity contribution in [3.63, 3.8) is 0 Å². The Balaban J connectivity index is 1.25. The van der Waals surface area contributed by atoms with Crippen LogP contribution in [0, 0.1) is 5.92 Å². The summed E-state index contributed by atoms with van der Waals surface area (Å²) in [7, 11) is 1.61. The van der Waals surface area contributed by atoms with Gasteiger partial charge in [-0.15, -0.1) is 0 Å². The Morgan fingerprint density at radius 3 is 2.57 bits per heavy atom. The van der Waals surface area contributed by atoms with Crippen LogP contribution in [0.3, 0.4) is 0 Å². The van der Waals surface area contributed by atoms with Crippen molar-refractivity contribution in [2.24, 2.45) is 5.92 Å². The van der Waals surface area contributed by atoms with Gasteiger partial charge in [-0.3, -0.25) is 14.5 Å². The van der Waals surface area contributed by atoms with E-state index in [2.05, 4.69) is 34.5 Å². The van der Waals surface area contributed by atoms with Crippen LogP contribution >= 0.6 is 0 Å². The van der Waals surface area contributed by atoms with Crippen molar-refractivity contribution in [1.29, 1.82) is 0 Å². The molecule has 1 fully saturated rings. The molecule has 2 aliphatic heterocycles. The molecule has 1 saturated heterocycles. The maximum atomic E-state index is 13.2. The van der Waals surface area contributed by atoms with Gasteiger partial charge in [0.25, 0.3) is 5.91 Å². The molecule has 0 aliphatic carbocycles. The van der Waals surface area contributed by atoms with Crippen molar-refractivity contribution in [3.8, 4) is 5.75 Å². The summed E-state index contributed by atoms with van der Waals surface area (Å²) in [5.74, 6) is 0.684. The Morgan fingerprint density at radius 2 is 1.80 bits per heavy atom. The number of methoxy groups -OCH3 is 1. The second kappa shape index (κ2) is 10.3. The van der Waals surface area contributed by atoms with E-state index in [0.29, 0.717) is 12.1 Å². The third-order valence-electron chi connectivity index (χ3n) is 6.96. The van der Waals surface area contributed by atoms with E-state index in [0.717, 1.165) is 61.6 Å². The number of rotatable bonds is 6. The van der Waals surface area contributed by atoms with Crippen LogP contribution in [0.5, 0.6) is 5.75 Å². The van der Waals surface area contributed by atoms with Crippen molar-refractivity contribution in [2.45, 2.75) is 25.8 Å². The number of nitrogens with one attached hydrogen (secondary N) is 1. The lowest BCUT2D eigenvalue weighted by Crippen LogP contribution is -2.40. The van der Waals surface area contributed by atoms with E-state index in [1.54, 1.807) is 36.3 Å². The lowest BCUT2D eigenvalue weighted by molar-refractivity contribution is -0.121. The molecule has 6 nitrogen and oxygen atoms in total. The predicted octanol–water partition coefficient (Wildman–Crippen LogP) is 4.75. The third-order valence-corrected chi connectivity index (χ3v) is 6.96. The summed E-state index contributed by atoms with van der Waals surface area (Å²) in [5.41, 5.74) is 4.63. The summed E-state index contributed by atoms with van der Waals surface area (Å²) >= 11 is 0. The van der Waals surface area contributed by atoms with Crippen molar-refractivity contribution >= 4 is 23.2 Å². The molecular formula is C29H31N3O3. The molecule has 180 valence electrons. The molecule has 2 aliphatic rings. The highest BCUT2D eigenvalue weighted by molar-refractivity contribution is 6.08. The van der Waals surface area contributed by atoms with Gasteiger partial charge in [0.2, 0.25) is 5.91 Å². The van der Waals surface area contributed by atoms with Gasteiger partial charge in [0.15, 0.2) is 0 Å². The molecule has 3 aromatic carbocycles. The Labute approximate surface area is 206 Å². The zero-order valence-corrected chi connectivity index (χ0v) is 20.1. The monoisotopic (exact) mass is 469 g/mol. The number of benzene rings is 3. The minimum absolute atomic E-state index is 0.0429. The number of carbonyl (C=O) groups excluding carboxylic acids is 2. The largest absolute Gasteiger partial charge is 0.497 e. The molecule has 3 aromatic rings. The second-order valence-electron chi connectivity index (χ2n) is 9.33. The number of anilines is 2. The second-order valence-corrected chi connectivity index (χ2v) is 9.33. The maximum absolute atomic E-state index is 13.2. The van der Waals surface area contributed by atoms with Crippen LogP contribution in [0.1, 0.15) is 34.3 Å². The molecule has 1 atom stereocenters. The average Bonchev–Trinajstić information content (AvgIpc) is 3.32. The zero-order chi connectivity index (χ0) is 24.2. The zero-order valence-electron chi connectivity index (χ0n) is 20.1. The Kier molecular flexibility index (Phi) is 6.82. The predicted molar refractivity (Wildman–Crippen MR) is 138 cm³/mol. The molecule has 2 heterocycles. The third kappa shape index (κ3) is 5.23. The van der Waals surface area contributed by atoms with Gasteiger partial charge in [-0.2, -0.15) is 0 Å². The van der Waals surface area contributed by atoms with Gasteiger partial charge >= 0.3 is 0 Å². The van der Waals surface area contributed by atoms with Crippen molar-refractivity contribution in [2.75, 3.05) is 37.0 Å². The number of likely N-dealkylation sites (tertiary alicyclic amines) is 1. The quantitative estimate of drug-likeness (QED) is 0.566. The minimum Gasteiger partial charge on any atom is -0.497 e. The van der Waals surface area contributed by atoms with Gasteiger partial charge in [-0.25, -0.2) is 0 Å². The van der Waals surface area contributed by atoms with Crippen LogP contribution in [-0.2, 0) is 17.8 Å². The van der Waals surface area contributed by atoms with Gasteiger partial charge < -0.3 is 15.0 Å². The van der Waals surface area contributed by atoms with Crippen LogP contribution in [0.4, 0.5) is 11.4 Å². The van der Waals surface area contributed by atoms with E-state index in [9.17, 15) is 9.59 Å². The average molecular weight is 470 g/mol. The smallest absolute Gasteiger partial charge is 0.258 e. The molecule has 35 heavy (non-hydrogen) atoms. The van der Waals surface area contributed by atoms with E-state index >= 15 is 0 Å². The standard InChI is InChI=1S/C29H31N3O3/c1-35-26-13-10-23(11-14-26)29(34)32-17-15-22-9-12-25(18-27(22)32)30-28(33)24-8-5-16-31(20-24)19-21-6-3-2-4-7-21/h2-4,6-7,9-14,18,24H,5,8,15-17,19-20H2,1H3,(H,30,33)/t24-/m0/s1. The fraction of sp³-hybridized carbons (Fsp3) is 0.310. The first kappa shape index (κ1) is 23.1. The Hall–Kier alpha value is -3.64. The summed E-state index contributed by atoms with van der Waals surface area (Å²) in [4.78, 5) is 30.5. The van der Waals surface area contributed by atoms with Crippen molar-refractivity contribution < 1.29 is 14.3 Å². The molecule has 0 bridgehead atoms. The first-order valence-corrected chi connectivity index (χ1v) is 12.3. The lowest BCUT2D eigenvalue weighted by atomic mass is 9.96. The maximum Gasteiger partial charge on any atom is 0.258 e. The van der Waals surface area contributed by atoms with Gasteiger partial charge in [0, 0.05) is 36.6 Å². The van der Waals surface area contributed by atoms with Crippen molar-refractivity contribution in [1.82, 2.24) is 4.90 Å². The van der Waals surface area contributed by atoms with Gasteiger partial charge in [0.05, 0.1) is 13.0 Å². The molecule has 2 amide bonds. The number of hydrogen-bond donors (Lipinski definition) is 1. The number of fused-ring (bicyclic) bond motifs is 1. The first-order chi connectivity index (χ1) is 17.1. The van der Waals surface area contributed by atoms with Crippen LogP contribution in [0.15, 0.2) is 72.8 Å². The van der Waals surface area contributed by atoms with E-state index < -0.39 is 0 Å². The molecular weight excluding hydrogens is 438 g/mol. The Bertz CT molecular complexity index is 1190. The highest BCUT2D eigenvalue weighted by Crippen LogP contribution is 2.33. The first-order valence-electron chi connectivity index (χ1n) is 12.3. The SMILES string of the molecule is COc1ccc(C(=O)N2CCc3ccc(NC(=O)[C@H]4CCCN(Cc5ccccc5)C4)cc32)cc1. The van der Waals surface area contributed by atoms with Crippen molar-refractivity contribution in [3.05, 3.63) is 89.5 Å². The normalized spacial score (nSPS) is 17.6. The molecule has 0 saturated carbocycles. The molecule has 0 spiro atoms. The number of ether oxygens (including phenoxy) is 1. The molecule has 0 unspecified atom stereocenters. The van der Waals surface area contributed by atoms with Gasteiger partial charge in [-0.05, 0) is 73.3 Å². The summed E-state index contributed by atoms with van der Waals surface area (Å²) in [5, 5.41) is 3.12. The van der Waals surface area contributed by atoms with E-state index in [1.165, 1.54) is 5.56 Å². The van der Waals surface area contributed by atoms with E-state index in [4.69, 9.17) is 4.74 Å². The van der Waals surface area contributed by atoms with Crippen LogP contribution < -0.4 is 15.0 Å². The summed E-state index contributed by atoms with van der Waals surface area (Å²) in [6, 6.07) is 23.5. The van der Waals surface area contributed by atoms with Gasteiger partial charge in [-0.1, -0.05) is 36.4 Å². The van der Waals surface area contributed by atoms with Crippen LogP contribution in [-0.4, -0.2) is 43.5 Å². The molecule has 0 aromatic heterocycles. The number of carbonyl (C=O) groups is 2. The van der Waals surface area contributed by atoms with Crippen LogP contribution in [0.2, 0.25) is 0 Å². The molecule has 0 radical (unpaired) electrons. The topological polar surface area (TPSA) is 61.9 Å². The number of hydrogen-bond acceptors (Lipinski definition) is 4. The minimum atomic E-state index is -0.0437. The van der Waals surface area contributed by atoms with E-state index in [1.807, 2.05) is 24.3 Å². The highest BCUT2D eigenvalue weighted by atomic mass is 16.5. The fourth-order valence-electron chi connectivity index (χ4n) is 5.06. The number of piperidine rings is 1. The molecule has 1 N–H and O–H groups in total. The summed E-state index contributed by atoms with van der Waals surface area (Å²) in [6.07, 6.45) is 2.71.